The molecule has 0 aromatic carbocycles. The maximum Gasteiger partial charge on any atom is 0.327 e. The Morgan fingerprint density at radius 1 is 1.27 bits per heavy atom. The summed E-state index contributed by atoms with van der Waals surface area (Å²) >= 11 is 0. The highest BCUT2D eigenvalue weighted by atomic mass is 33.1. The van der Waals surface area contributed by atoms with Crippen LogP contribution in [0.3, 0.4) is 0 Å². The summed E-state index contributed by atoms with van der Waals surface area (Å²) in [5.41, 5.74) is 0. The van der Waals surface area contributed by atoms with Gasteiger partial charge in [-0.2, -0.15) is 0 Å². The van der Waals surface area contributed by atoms with Gasteiger partial charge in [0.25, 0.3) is 0 Å². The molecule has 150 valence electrons. The summed E-state index contributed by atoms with van der Waals surface area (Å²) in [6.45, 7) is 5.55. The van der Waals surface area contributed by atoms with E-state index in [1.807, 2.05) is 20.8 Å². The molecule has 0 saturated carbocycles. The lowest BCUT2D eigenvalue weighted by molar-refractivity contribution is -0.141. The zero-order valence-electron chi connectivity index (χ0n) is 15.6. The van der Waals surface area contributed by atoms with E-state index in [1.165, 1.54) is 21.6 Å². The van der Waals surface area contributed by atoms with Gasteiger partial charge in [-0.1, -0.05) is 56.5 Å². The van der Waals surface area contributed by atoms with Gasteiger partial charge in [-0.3, -0.25) is 9.59 Å². The molecule has 2 N–H and O–H groups in total. The van der Waals surface area contributed by atoms with Crippen LogP contribution in [0.4, 0.5) is 0 Å². The molecule has 0 spiro atoms. The largest absolute Gasteiger partial charge is 0.480 e. The van der Waals surface area contributed by atoms with Crippen LogP contribution in [0.1, 0.15) is 59.3 Å². The highest BCUT2D eigenvalue weighted by molar-refractivity contribution is 8.77. The summed E-state index contributed by atoms with van der Waals surface area (Å²) in [7, 11) is 6.41. The Morgan fingerprint density at radius 3 is 2.65 bits per heavy atom. The average molecular weight is 440 g/mol. The molecule has 1 heterocycles. The van der Waals surface area contributed by atoms with Crippen molar-refractivity contribution in [2.24, 2.45) is 0 Å². The first kappa shape index (κ1) is 24.0. The van der Waals surface area contributed by atoms with Gasteiger partial charge >= 0.3 is 5.97 Å². The number of carbonyl (C=O) groups is 3. The molecule has 1 aliphatic rings. The van der Waals surface area contributed by atoms with Crippen molar-refractivity contribution in [3.8, 4) is 0 Å². The molecule has 5 nitrogen and oxygen atoms in total. The highest BCUT2D eigenvalue weighted by Gasteiger charge is 2.33. The number of hydrogen-bond acceptors (Lipinski definition) is 7. The molecule has 0 radical (unpaired) electrons. The third-order valence-electron chi connectivity index (χ3n) is 4.01. The molecule has 0 aromatic heterocycles. The van der Waals surface area contributed by atoms with Crippen LogP contribution >= 0.6 is 43.2 Å². The number of hydrogen-bond donors (Lipinski definition) is 2. The van der Waals surface area contributed by atoms with Crippen molar-refractivity contribution in [1.82, 2.24) is 5.32 Å². The van der Waals surface area contributed by atoms with E-state index in [0.717, 1.165) is 31.4 Å². The Morgan fingerprint density at radius 2 is 2.00 bits per heavy atom. The second kappa shape index (κ2) is 12.5. The number of carboxylic acid groups (broad SMARTS) is 1. The summed E-state index contributed by atoms with van der Waals surface area (Å²) < 4.78 is -0.661. The first-order valence-electron chi connectivity index (χ1n) is 8.90. The number of Topliss-reactive ketones (excluding diaryl/α,β-unsaturated/α-hetero) is 1. The van der Waals surface area contributed by atoms with Crippen LogP contribution in [0.5, 0.6) is 0 Å². The fraction of sp³-hybridized carbons (Fsp3) is 0.824. The van der Waals surface area contributed by atoms with Crippen molar-refractivity contribution in [2.45, 2.75) is 75.3 Å². The van der Waals surface area contributed by atoms with Crippen molar-refractivity contribution in [3.05, 3.63) is 0 Å². The average Bonchev–Trinajstić information content (AvgIpc) is 2.58. The van der Waals surface area contributed by atoms with Gasteiger partial charge in [-0.25, -0.2) is 4.79 Å². The zero-order chi connectivity index (χ0) is 19.6. The van der Waals surface area contributed by atoms with Gasteiger partial charge < -0.3 is 10.4 Å². The molecular weight excluding hydrogens is 410 g/mol. The predicted molar refractivity (Wildman–Crippen MR) is 116 cm³/mol. The molecule has 1 aliphatic heterocycles. The van der Waals surface area contributed by atoms with Gasteiger partial charge in [0.05, 0.1) is 4.75 Å². The maximum atomic E-state index is 12.3. The first-order valence-corrected chi connectivity index (χ1v) is 13.6. The molecular formula is C17H29NO4S4. The number of nitrogens with one attached hydrogen (secondary N) is 1. The van der Waals surface area contributed by atoms with Gasteiger partial charge in [0.1, 0.15) is 11.8 Å². The van der Waals surface area contributed by atoms with E-state index in [4.69, 9.17) is 0 Å². The Balaban J connectivity index is 2.58. The topological polar surface area (TPSA) is 83.5 Å². The summed E-state index contributed by atoms with van der Waals surface area (Å²) in [5.74, 6) is 0.401. The van der Waals surface area contributed by atoms with Crippen LogP contribution < -0.4 is 5.32 Å². The van der Waals surface area contributed by atoms with Crippen molar-refractivity contribution < 1.29 is 19.5 Å². The van der Waals surface area contributed by atoms with E-state index >= 15 is 0 Å². The summed E-state index contributed by atoms with van der Waals surface area (Å²) in [4.78, 5) is 35.2. The van der Waals surface area contributed by atoms with Crippen LogP contribution in [0.15, 0.2) is 0 Å². The highest BCUT2D eigenvalue weighted by Crippen LogP contribution is 2.40. The zero-order valence-corrected chi connectivity index (χ0v) is 18.9. The Labute approximate surface area is 172 Å². The van der Waals surface area contributed by atoms with Crippen molar-refractivity contribution >= 4 is 60.8 Å². The minimum absolute atomic E-state index is 0.231. The van der Waals surface area contributed by atoms with Gasteiger partial charge in [-0.05, 0) is 33.1 Å². The lowest BCUT2D eigenvalue weighted by atomic mass is 10.1. The SMILES string of the molecule is CCC(=O)CCCCC1CCSSC(C)(C)C(=O)NC(C(=O)O)CSS1. The predicted octanol–water partition coefficient (Wildman–Crippen LogP) is 4.41. The second-order valence-electron chi connectivity index (χ2n) is 6.71. The van der Waals surface area contributed by atoms with Crippen LogP contribution in [0.2, 0.25) is 0 Å². The van der Waals surface area contributed by atoms with Crippen molar-refractivity contribution in [3.63, 3.8) is 0 Å². The smallest absolute Gasteiger partial charge is 0.327 e. The molecule has 2 atom stereocenters. The van der Waals surface area contributed by atoms with Crippen LogP contribution in [0.25, 0.3) is 0 Å². The van der Waals surface area contributed by atoms with E-state index < -0.39 is 16.8 Å². The third kappa shape index (κ3) is 9.28. The fourth-order valence-electron chi connectivity index (χ4n) is 2.23. The van der Waals surface area contributed by atoms with Crippen LogP contribution in [-0.4, -0.2) is 50.3 Å². The molecule has 1 rings (SSSR count). The lowest BCUT2D eigenvalue weighted by Crippen LogP contribution is -2.49. The quantitative estimate of drug-likeness (QED) is 0.446. The Bertz CT molecular complexity index is 487. The molecule has 0 bridgehead atoms. The summed E-state index contributed by atoms with van der Waals surface area (Å²) in [6, 6.07) is -0.868. The monoisotopic (exact) mass is 439 g/mol. The number of carbonyl (C=O) groups excluding carboxylic acids is 2. The molecule has 1 fully saturated rings. The second-order valence-corrected chi connectivity index (χ2v) is 12.5. The van der Waals surface area contributed by atoms with E-state index in [0.29, 0.717) is 29.6 Å². The van der Waals surface area contributed by atoms with E-state index in [1.54, 1.807) is 21.6 Å². The van der Waals surface area contributed by atoms with E-state index in [2.05, 4.69) is 5.32 Å². The molecule has 0 aliphatic carbocycles. The maximum absolute atomic E-state index is 12.3. The number of rotatable bonds is 7. The van der Waals surface area contributed by atoms with Gasteiger partial charge in [0.15, 0.2) is 0 Å². The number of ketones is 1. The molecule has 9 heteroatoms. The summed E-state index contributed by atoms with van der Waals surface area (Å²) in [5, 5.41) is 12.5. The number of unbranched alkanes of at least 4 members (excludes halogenated alkanes) is 1. The molecule has 1 saturated heterocycles. The Kier molecular flexibility index (Phi) is 11.5. The number of carboxylic acids is 1. The summed E-state index contributed by atoms with van der Waals surface area (Å²) in [6.07, 6.45) is 5.27. The standard InChI is InChI=1S/C17H29NO4S4/c1-4-12(19)7-5-6-8-13-9-10-23-26-17(2,3)16(22)18-14(15(20)21)11-24-25-13/h13-14H,4-11H2,1-3H3,(H,18,22)(H,20,21). The van der Waals surface area contributed by atoms with Crippen LogP contribution in [0, 0.1) is 0 Å². The van der Waals surface area contributed by atoms with Gasteiger partial charge in [0.2, 0.25) is 5.91 Å². The van der Waals surface area contributed by atoms with Gasteiger partial charge in [0, 0.05) is 29.6 Å². The van der Waals surface area contributed by atoms with Crippen molar-refractivity contribution in [2.75, 3.05) is 11.5 Å². The fourth-order valence-corrected chi connectivity index (χ4v) is 7.83. The first-order chi connectivity index (χ1) is 12.3. The van der Waals surface area contributed by atoms with Gasteiger partial charge in [-0.15, -0.1) is 0 Å². The molecule has 0 aromatic rings. The number of aliphatic carboxylic acids is 1. The molecule has 2 unspecified atom stereocenters. The normalized spacial score (nSPS) is 24.8. The van der Waals surface area contributed by atoms with Crippen molar-refractivity contribution in [1.29, 1.82) is 0 Å². The van der Waals surface area contributed by atoms with E-state index in [9.17, 15) is 19.5 Å². The minimum atomic E-state index is -0.994. The van der Waals surface area contributed by atoms with Crippen LogP contribution in [-0.2, 0) is 14.4 Å². The molecule has 1 amide bonds. The Hall–Kier alpha value is 0.01000. The number of amides is 1. The van der Waals surface area contributed by atoms with E-state index in [-0.39, 0.29) is 5.91 Å². The molecule has 26 heavy (non-hydrogen) atoms. The minimum Gasteiger partial charge on any atom is -0.480 e. The lowest BCUT2D eigenvalue weighted by Gasteiger charge is -2.26. The third-order valence-corrected chi connectivity index (χ3v) is 10.2.